The van der Waals surface area contributed by atoms with Crippen molar-refractivity contribution >= 4 is 33.1 Å². The first-order chi connectivity index (χ1) is 13.8. The summed E-state index contributed by atoms with van der Waals surface area (Å²) in [6.07, 6.45) is -0.272. The molecule has 0 aromatic heterocycles. The van der Waals surface area contributed by atoms with E-state index in [1.165, 1.54) is 12.1 Å². The monoisotopic (exact) mass is 408 g/mol. The van der Waals surface area contributed by atoms with Crippen LogP contribution in [0.1, 0.15) is 22.3 Å². The Labute approximate surface area is 169 Å². The molecule has 0 saturated heterocycles. The van der Waals surface area contributed by atoms with Crippen molar-refractivity contribution in [3.8, 4) is 0 Å². The predicted octanol–water partition coefficient (Wildman–Crippen LogP) is 4.01. The van der Waals surface area contributed by atoms with Crippen LogP contribution in [-0.2, 0) is 14.8 Å². The van der Waals surface area contributed by atoms with Gasteiger partial charge in [-0.05, 0) is 43.3 Å². The maximum atomic E-state index is 12.4. The van der Waals surface area contributed by atoms with Gasteiger partial charge in [-0.2, -0.15) is 0 Å². The Balaban J connectivity index is 1.60. The van der Waals surface area contributed by atoms with Crippen molar-refractivity contribution in [1.29, 1.82) is 0 Å². The number of hydrogen-bond acceptors (Lipinski definition) is 4. The van der Waals surface area contributed by atoms with E-state index in [-0.39, 0.29) is 17.1 Å². The summed E-state index contributed by atoms with van der Waals surface area (Å²) in [4.78, 5) is 24.3. The van der Waals surface area contributed by atoms with Crippen molar-refractivity contribution in [2.24, 2.45) is 0 Å². The zero-order valence-corrected chi connectivity index (χ0v) is 16.6. The highest BCUT2D eigenvalue weighted by Crippen LogP contribution is 2.19. The van der Waals surface area contributed by atoms with E-state index in [2.05, 4.69) is 10.0 Å². The maximum Gasteiger partial charge on any atom is 0.261 e. The van der Waals surface area contributed by atoms with Gasteiger partial charge in [0.25, 0.3) is 10.0 Å². The van der Waals surface area contributed by atoms with E-state index in [4.69, 9.17) is 0 Å². The van der Waals surface area contributed by atoms with Gasteiger partial charge in [0.1, 0.15) is 0 Å². The van der Waals surface area contributed by atoms with E-state index in [9.17, 15) is 18.0 Å². The number of aryl methyl sites for hydroxylation is 1. The number of benzene rings is 3. The fraction of sp³-hybridized carbons (Fsp3) is 0.0909. The van der Waals surface area contributed by atoms with Gasteiger partial charge in [-0.3, -0.25) is 14.3 Å². The summed E-state index contributed by atoms with van der Waals surface area (Å²) in [7, 11) is -3.69. The lowest BCUT2D eigenvalue weighted by molar-refractivity contribution is -0.115. The molecule has 148 valence electrons. The first-order valence-electron chi connectivity index (χ1n) is 8.91. The van der Waals surface area contributed by atoms with Crippen molar-refractivity contribution in [2.75, 3.05) is 10.0 Å². The lowest BCUT2D eigenvalue weighted by Gasteiger charge is -2.10. The molecule has 0 aliphatic heterocycles. The van der Waals surface area contributed by atoms with Crippen LogP contribution in [0.4, 0.5) is 11.4 Å². The molecule has 7 heteroatoms. The van der Waals surface area contributed by atoms with E-state index < -0.39 is 15.9 Å². The minimum Gasteiger partial charge on any atom is -0.326 e. The highest BCUT2D eigenvalue weighted by atomic mass is 32.2. The van der Waals surface area contributed by atoms with Crippen LogP contribution in [-0.4, -0.2) is 20.1 Å². The number of carbonyl (C=O) groups is 2. The van der Waals surface area contributed by atoms with E-state index in [0.29, 0.717) is 16.9 Å². The first kappa shape index (κ1) is 20.3. The molecular weight excluding hydrogens is 388 g/mol. The van der Waals surface area contributed by atoms with Crippen LogP contribution in [0, 0.1) is 6.92 Å². The summed E-state index contributed by atoms with van der Waals surface area (Å²) < 4.78 is 27.3. The lowest BCUT2D eigenvalue weighted by atomic mass is 10.1. The van der Waals surface area contributed by atoms with Gasteiger partial charge in [0.05, 0.1) is 11.3 Å². The average Bonchev–Trinajstić information content (AvgIpc) is 2.70. The third kappa shape index (κ3) is 5.52. The molecule has 0 atom stereocenters. The summed E-state index contributed by atoms with van der Waals surface area (Å²) in [6, 6.07) is 21.3. The van der Waals surface area contributed by atoms with E-state index >= 15 is 0 Å². The molecule has 1 amide bonds. The predicted molar refractivity (Wildman–Crippen MR) is 112 cm³/mol. The Morgan fingerprint density at radius 3 is 2.00 bits per heavy atom. The van der Waals surface area contributed by atoms with E-state index in [0.717, 1.165) is 5.56 Å². The Morgan fingerprint density at radius 2 is 1.38 bits per heavy atom. The molecule has 0 heterocycles. The number of nitrogens with one attached hydrogen (secondary N) is 2. The van der Waals surface area contributed by atoms with Crippen LogP contribution in [0.5, 0.6) is 0 Å². The van der Waals surface area contributed by atoms with Crippen molar-refractivity contribution in [2.45, 2.75) is 18.2 Å². The van der Waals surface area contributed by atoms with Gasteiger partial charge in [-0.15, -0.1) is 0 Å². The van der Waals surface area contributed by atoms with Gasteiger partial charge in [0.15, 0.2) is 5.78 Å². The minimum atomic E-state index is -3.69. The molecule has 6 nitrogen and oxygen atoms in total. The fourth-order valence-electron chi connectivity index (χ4n) is 2.63. The van der Waals surface area contributed by atoms with E-state index in [1.807, 2.05) is 6.92 Å². The number of ketones is 1. The molecule has 0 bridgehead atoms. The minimum absolute atomic E-state index is 0.167. The standard InChI is InChI=1S/C22H20N2O4S/c1-16-7-13-20(14-8-16)29(27,28)24-19-11-9-18(10-12-19)23-22(26)15-21(25)17-5-3-2-4-6-17/h2-14,24H,15H2,1H3,(H,23,26). The number of hydrogen-bond donors (Lipinski definition) is 2. The number of rotatable bonds is 7. The fourth-order valence-corrected chi connectivity index (χ4v) is 3.69. The molecule has 29 heavy (non-hydrogen) atoms. The van der Waals surface area contributed by atoms with Gasteiger partial charge in [-0.25, -0.2) is 8.42 Å². The molecule has 0 radical (unpaired) electrons. The van der Waals surface area contributed by atoms with Crippen LogP contribution in [0.15, 0.2) is 83.8 Å². The maximum absolute atomic E-state index is 12.4. The smallest absolute Gasteiger partial charge is 0.261 e. The molecule has 3 aromatic rings. The average molecular weight is 408 g/mol. The van der Waals surface area contributed by atoms with Crippen molar-refractivity contribution < 1.29 is 18.0 Å². The summed E-state index contributed by atoms with van der Waals surface area (Å²) >= 11 is 0. The zero-order valence-electron chi connectivity index (χ0n) is 15.8. The molecule has 0 aliphatic rings. The number of sulfonamides is 1. The van der Waals surface area contributed by atoms with Gasteiger partial charge in [-0.1, -0.05) is 48.0 Å². The second-order valence-corrected chi connectivity index (χ2v) is 8.19. The van der Waals surface area contributed by atoms with Crippen molar-refractivity contribution in [3.63, 3.8) is 0 Å². The third-order valence-electron chi connectivity index (χ3n) is 4.17. The molecule has 0 fully saturated rings. The van der Waals surface area contributed by atoms with Crippen LogP contribution in [0.3, 0.4) is 0 Å². The Bertz CT molecular complexity index is 1110. The third-order valence-corrected chi connectivity index (χ3v) is 5.57. The molecule has 0 spiro atoms. The normalized spacial score (nSPS) is 10.9. The summed E-state index contributed by atoms with van der Waals surface area (Å²) in [5.74, 6) is -0.711. The molecular formula is C22H20N2O4S. The molecule has 0 aliphatic carbocycles. The van der Waals surface area contributed by atoms with Crippen LogP contribution < -0.4 is 10.0 Å². The second-order valence-electron chi connectivity index (χ2n) is 6.51. The molecule has 0 unspecified atom stereocenters. The number of amides is 1. The summed E-state index contributed by atoms with van der Waals surface area (Å²) in [5, 5.41) is 2.63. The van der Waals surface area contributed by atoms with Crippen LogP contribution in [0.2, 0.25) is 0 Å². The van der Waals surface area contributed by atoms with Crippen LogP contribution in [0.25, 0.3) is 0 Å². The van der Waals surface area contributed by atoms with E-state index in [1.54, 1.807) is 66.7 Å². The van der Waals surface area contributed by atoms with Crippen molar-refractivity contribution in [1.82, 2.24) is 0 Å². The van der Waals surface area contributed by atoms with Crippen LogP contribution >= 0.6 is 0 Å². The Hall–Kier alpha value is -3.45. The Kier molecular flexibility index (Phi) is 6.09. The SMILES string of the molecule is Cc1ccc(S(=O)(=O)Nc2ccc(NC(=O)CC(=O)c3ccccc3)cc2)cc1. The van der Waals surface area contributed by atoms with Gasteiger partial charge in [0, 0.05) is 16.9 Å². The van der Waals surface area contributed by atoms with Gasteiger partial charge in [0.2, 0.25) is 5.91 Å². The van der Waals surface area contributed by atoms with Gasteiger partial charge < -0.3 is 5.32 Å². The number of anilines is 2. The number of Topliss-reactive ketones (excluding diaryl/α,β-unsaturated/α-hetero) is 1. The Morgan fingerprint density at radius 1 is 0.793 bits per heavy atom. The summed E-state index contributed by atoms with van der Waals surface area (Å²) in [6.45, 7) is 1.88. The first-order valence-corrected chi connectivity index (χ1v) is 10.4. The van der Waals surface area contributed by atoms with Gasteiger partial charge >= 0.3 is 0 Å². The topological polar surface area (TPSA) is 92.3 Å². The van der Waals surface area contributed by atoms with Crippen molar-refractivity contribution in [3.05, 3.63) is 90.0 Å². The lowest BCUT2D eigenvalue weighted by Crippen LogP contribution is -2.16. The molecule has 3 aromatic carbocycles. The number of carbonyl (C=O) groups excluding carboxylic acids is 2. The largest absolute Gasteiger partial charge is 0.326 e. The quantitative estimate of drug-likeness (QED) is 0.456. The summed E-state index contributed by atoms with van der Waals surface area (Å²) in [5.41, 5.74) is 2.27. The highest BCUT2D eigenvalue weighted by Gasteiger charge is 2.14. The molecule has 0 saturated carbocycles. The second kappa shape index (κ2) is 8.70. The zero-order chi connectivity index (χ0) is 20.9. The molecule has 3 rings (SSSR count). The molecule has 2 N–H and O–H groups in total. The highest BCUT2D eigenvalue weighted by molar-refractivity contribution is 7.92.